The number of nitrogens with one attached hydrogen (secondary N) is 1. The summed E-state index contributed by atoms with van der Waals surface area (Å²) in [4.78, 5) is 0. The average Bonchev–Trinajstić information content (AvgIpc) is 2.26. The molecule has 0 saturated heterocycles. The van der Waals surface area contributed by atoms with Crippen LogP contribution in [0.25, 0.3) is 0 Å². The van der Waals surface area contributed by atoms with Crippen molar-refractivity contribution in [3.63, 3.8) is 0 Å². The maximum Gasteiger partial charge on any atom is 0.129 e. The molecule has 4 heteroatoms. The standard InChI is InChI=1S/C12H16Cl2FN/c13-7-2-1-3-8-16-9-10-11(14)5-4-6-12(10)15/h4-6,16H,1-3,7-9H2. The molecule has 0 fully saturated rings. The van der Waals surface area contributed by atoms with Crippen LogP contribution < -0.4 is 5.32 Å². The lowest BCUT2D eigenvalue weighted by molar-refractivity contribution is 0.574. The van der Waals surface area contributed by atoms with Crippen LogP contribution >= 0.6 is 23.2 Å². The van der Waals surface area contributed by atoms with Crippen molar-refractivity contribution in [2.75, 3.05) is 12.4 Å². The topological polar surface area (TPSA) is 12.0 Å². The van der Waals surface area contributed by atoms with E-state index in [0.717, 1.165) is 25.8 Å². The van der Waals surface area contributed by atoms with Gasteiger partial charge in [0, 0.05) is 23.0 Å². The molecule has 1 aromatic carbocycles. The molecule has 0 spiro atoms. The SMILES string of the molecule is Fc1cccc(Cl)c1CNCCCCCCl. The quantitative estimate of drug-likeness (QED) is 0.580. The Labute approximate surface area is 106 Å². The van der Waals surface area contributed by atoms with E-state index in [1.165, 1.54) is 6.07 Å². The number of alkyl halides is 1. The molecule has 0 aliphatic heterocycles. The second-order valence-electron chi connectivity index (χ2n) is 3.63. The van der Waals surface area contributed by atoms with E-state index in [2.05, 4.69) is 5.32 Å². The van der Waals surface area contributed by atoms with Crippen molar-refractivity contribution in [3.05, 3.63) is 34.6 Å². The summed E-state index contributed by atoms with van der Waals surface area (Å²) < 4.78 is 13.3. The van der Waals surface area contributed by atoms with Crippen LogP contribution in [0.2, 0.25) is 5.02 Å². The van der Waals surface area contributed by atoms with Crippen LogP contribution in [0.5, 0.6) is 0 Å². The van der Waals surface area contributed by atoms with Gasteiger partial charge in [-0.2, -0.15) is 0 Å². The summed E-state index contributed by atoms with van der Waals surface area (Å²) in [6, 6.07) is 4.74. The fourth-order valence-electron chi connectivity index (χ4n) is 1.44. The second kappa shape index (κ2) is 7.88. The number of hydrogen-bond donors (Lipinski definition) is 1. The van der Waals surface area contributed by atoms with Crippen molar-refractivity contribution in [2.24, 2.45) is 0 Å². The minimum Gasteiger partial charge on any atom is -0.313 e. The monoisotopic (exact) mass is 263 g/mol. The molecule has 16 heavy (non-hydrogen) atoms. The summed E-state index contributed by atoms with van der Waals surface area (Å²) in [6.45, 7) is 1.34. The molecule has 1 N–H and O–H groups in total. The van der Waals surface area contributed by atoms with E-state index in [4.69, 9.17) is 23.2 Å². The van der Waals surface area contributed by atoms with E-state index >= 15 is 0 Å². The van der Waals surface area contributed by atoms with Crippen LogP contribution in [-0.2, 0) is 6.54 Å². The first-order valence-corrected chi connectivity index (χ1v) is 6.36. The molecule has 1 rings (SSSR count). The molecule has 0 amide bonds. The van der Waals surface area contributed by atoms with Gasteiger partial charge in [0.2, 0.25) is 0 Å². The average molecular weight is 264 g/mol. The van der Waals surface area contributed by atoms with Crippen molar-refractivity contribution < 1.29 is 4.39 Å². The molecule has 1 nitrogen and oxygen atoms in total. The maximum atomic E-state index is 13.3. The van der Waals surface area contributed by atoms with Crippen molar-refractivity contribution in [3.8, 4) is 0 Å². The van der Waals surface area contributed by atoms with Gasteiger partial charge in [0.1, 0.15) is 5.82 Å². The Morgan fingerprint density at radius 2 is 2.00 bits per heavy atom. The Bertz CT molecular complexity index is 298. The molecular weight excluding hydrogens is 248 g/mol. The van der Waals surface area contributed by atoms with Crippen molar-refractivity contribution >= 4 is 23.2 Å². The first-order chi connectivity index (χ1) is 7.75. The molecular formula is C12H16Cl2FN. The van der Waals surface area contributed by atoms with Gasteiger partial charge in [-0.15, -0.1) is 11.6 Å². The molecule has 1 aromatic rings. The van der Waals surface area contributed by atoms with Crippen LogP contribution in [0.4, 0.5) is 4.39 Å². The smallest absolute Gasteiger partial charge is 0.129 e. The van der Waals surface area contributed by atoms with Crippen molar-refractivity contribution in [1.82, 2.24) is 5.32 Å². The third kappa shape index (κ3) is 4.69. The van der Waals surface area contributed by atoms with Gasteiger partial charge in [-0.1, -0.05) is 24.1 Å². The third-order valence-corrected chi connectivity index (χ3v) is 2.97. The Hall–Kier alpha value is -0.310. The predicted octanol–water partition coefficient (Wildman–Crippen LogP) is 3.98. The zero-order valence-corrected chi connectivity index (χ0v) is 10.6. The Balaban J connectivity index is 2.26. The lowest BCUT2D eigenvalue weighted by Crippen LogP contribution is -2.16. The van der Waals surface area contributed by atoms with E-state index in [0.29, 0.717) is 23.0 Å². The van der Waals surface area contributed by atoms with Gasteiger partial charge >= 0.3 is 0 Å². The number of hydrogen-bond acceptors (Lipinski definition) is 1. The molecule has 0 heterocycles. The van der Waals surface area contributed by atoms with Crippen LogP contribution in [0.3, 0.4) is 0 Å². The summed E-state index contributed by atoms with van der Waals surface area (Å²) in [7, 11) is 0. The van der Waals surface area contributed by atoms with Gasteiger partial charge in [-0.25, -0.2) is 4.39 Å². The van der Waals surface area contributed by atoms with Crippen molar-refractivity contribution in [1.29, 1.82) is 0 Å². The highest BCUT2D eigenvalue weighted by Crippen LogP contribution is 2.18. The zero-order chi connectivity index (χ0) is 11.8. The Kier molecular flexibility index (Phi) is 6.78. The molecule has 0 radical (unpaired) electrons. The lowest BCUT2D eigenvalue weighted by atomic mass is 10.2. The fourth-order valence-corrected chi connectivity index (χ4v) is 1.85. The summed E-state index contributed by atoms with van der Waals surface area (Å²) in [5, 5.41) is 3.65. The zero-order valence-electron chi connectivity index (χ0n) is 9.11. The van der Waals surface area contributed by atoms with Gasteiger partial charge in [0.15, 0.2) is 0 Å². The first kappa shape index (κ1) is 13.8. The van der Waals surface area contributed by atoms with Crippen molar-refractivity contribution in [2.45, 2.75) is 25.8 Å². The normalized spacial score (nSPS) is 10.7. The summed E-state index contributed by atoms with van der Waals surface area (Å²) in [5.74, 6) is 0.458. The molecule has 0 atom stereocenters. The number of halogens is 3. The van der Waals surface area contributed by atoms with E-state index in [9.17, 15) is 4.39 Å². The highest BCUT2D eigenvalue weighted by atomic mass is 35.5. The van der Waals surface area contributed by atoms with Crippen LogP contribution in [0.15, 0.2) is 18.2 Å². The molecule has 0 aliphatic rings. The summed E-state index contributed by atoms with van der Waals surface area (Å²) in [6.07, 6.45) is 3.18. The minimum absolute atomic E-state index is 0.249. The first-order valence-electron chi connectivity index (χ1n) is 5.45. The number of benzene rings is 1. The molecule has 0 bridgehead atoms. The van der Waals surface area contributed by atoms with Gasteiger partial charge in [-0.05, 0) is 31.5 Å². The fraction of sp³-hybridized carbons (Fsp3) is 0.500. The van der Waals surface area contributed by atoms with Crippen LogP contribution in [-0.4, -0.2) is 12.4 Å². The van der Waals surface area contributed by atoms with E-state index in [1.54, 1.807) is 12.1 Å². The minimum atomic E-state index is -0.249. The third-order valence-electron chi connectivity index (χ3n) is 2.35. The van der Waals surface area contributed by atoms with Gasteiger partial charge in [-0.3, -0.25) is 0 Å². The summed E-state index contributed by atoms with van der Waals surface area (Å²) in [5.41, 5.74) is 0.543. The number of unbranched alkanes of at least 4 members (excludes halogenated alkanes) is 2. The van der Waals surface area contributed by atoms with Gasteiger partial charge < -0.3 is 5.32 Å². The summed E-state index contributed by atoms with van der Waals surface area (Å²) >= 11 is 11.5. The highest BCUT2D eigenvalue weighted by molar-refractivity contribution is 6.31. The van der Waals surface area contributed by atoms with Gasteiger partial charge in [0.05, 0.1) is 0 Å². The molecule has 0 unspecified atom stereocenters. The predicted molar refractivity (Wildman–Crippen MR) is 67.7 cm³/mol. The highest BCUT2D eigenvalue weighted by Gasteiger charge is 2.05. The van der Waals surface area contributed by atoms with Gasteiger partial charge in [0.25, 0.3) is 0 Å². The van der Waals surface area contributed by atoms with E-state index < -0.39 is 0 Å². The Morgan fingerprint density at radius 1 is 1.19 bits per heavy atom. The molecule has 0 aliphatic carbocycles. The molecule has 0 saturated carbocycles. The van der Waals surface area contributed by atoms with Crippen LogP contribution in [0.1, 0.15) is 24.8 Å². The van der Waals surface area contributed by atoms with Crippen LogP contribution in [0, 0.1) is 5.82 Å². The molecule has 90 valence electrons. The van der Waals surface area contributed by atoms with E-state index in [-0.39, 0.29) is 5.82 Å². The van der Waals surface area contributed by atoms with E-state index in [1.807, 2.05) is 0 Å². The Morgan fingerprint density at radius 3 is 2.69 bits per heavy atom. The largest absolute Gasteiger partial charge is 0.313 e. The molecule has 0 aromatic heterocycles. The lowest BCUT2D eigenvalue weighted by Gasteiger charge is -2.07. The maximum absolute atomic E-state index is 13.3. The second-order valence-corrected chi connectivity index (χ2v) is 4.41. The number of rotatable bonds is 7.